The molecule has 6 nitrogen and oxygen atoms in total. The molecule has 1 N–H and O–H groups in total. The van der Waals surface area contributed by atoms with Crippen molar-refractivity contribution in [3.63, 3.8) is 0 Å². The molecular weight excluding hydrogens is 306 g/mol. The molecule has 130 valence electrons. The summed E-state index contributed by atoms with van der Waals surface area (Å²) in [4.78, 5) is 26.6. The van der Waals surface area contributed by atoms with E-state index in [0.29, 0.717) is 31.3 Å². The molecule has 1 aliphatic heterocycles. The Morgan fingerprint density at radius 2 is 2.17 bits per heavy atom. The smallest absolute Gasteiger partial charge is 0.408 e. The fraction of sp³-hybridized carbons (Fsp3) is 0.556. The Morgan fingerprint density at radius 3 is 2.96 bits per heavy atom. The number of benzene rings is 1. The number of fused-ring (bicyclic) bond motifs is 1. The number of aromatic nitrogens is 1. The third-order valence-electron chi connectivity index (χ3n) is 4.48. The molecular formula is C18H25N3O3. The van der Waals surface area contributed by atoms with Gasteiger partial charge < -0.3 is 9.73 Å². The first kappa shape index (κ1) is 16.8. The first-order valence-electron chi connectivity index (χ1n) is 8.63. The second-order valence-corrected chi connectivity index (χ2v) is 6.96. The Bertz CT molecular complexity index is 762. The summed E-state index contributed by atoms with van der Waals surface area (Å²) in [5.74, 6) is 0.219. The molecule has 1 fully saturated rings. The van der Waals surface area contributed by atoms with Gasteiger partial charge in [-0.05, 0) is 37.4 Å². The van der Waals surface area contributed by atoms with Gasteiger partial charge in [0.25, 0.3) is 0 Å². The number of carbonyl (C=O) groups excluding carboxylic acids is 1. The number of nitrogens with zero attached hydrogens (tertiary/aromatic N) is 2. The Kier molecular flexibility index (Phi) is 5.04. The predicted molar refractivity (Wildman–Crippen MR) is 92.6 cm³/mol. The van der Waals surface area contributed by atoms with E-state index in [1.165, 1.54) is 0 Å². The summed E-state index contributed by atoms with van der Waals surface area (Å²) in [6, 6.07) is 7.43. The number of para-hydroxylation sites is 2. The fourth-order valence-corrected chi connectivity index (χ4v) is 3.19. The lowest BCUT2D eigenvalue weighted by atomic mass is 9.97. The van der Waals surface area contributed by atoms with Gasteiger partial charge in [-0.15, -0.1) is 0 Å². The number of hydrogen-bond acceptors (Lipinski definition) is 4. The van der Waals surface area contributed by atoms with Crippen LogP contribution in [0.5, 0.6) is 0 Å². The van der Waals surface area contributed by atoms with E-state index in [0.717, 1.165) is 24.9 Å². The normalized spacial score (nSPS) is 19.0. The Morgan fingerprint density at radius 1 is 1.38 bits per heavy atom. The van der Waals surface area contributed by atoms with Crippen LogP contribution >= 0.6 is 0 Å². The lowest BCUT2D eigenvalue weighted by Crippen LogP contribution is -2.44. The molecule has 1 saturated heterocycles. The second-order valence-electron chi connectivity index (χ2n) is 6.96. The van der Waals surface area contributed by atoms with E-state index >= 15 is 0 Å². The first-order valence-corrected chi connectivity index (χ1v) is 8.63. The number of piperidine rings is 1. The molecule has 1 unspecified atom stereocenters. The zero-order valence-corrected chi connectivity index (χ0v) is 14.3. The van der Waals surface area contributed by atoms with Crippen molar-refractivity contribution in [2.75, 3.05) is 19.6 Å². The molecule has 0 aliphatic carbocycles. The second kappa shape index (κ2) is 7.21. The topological polar surface area (TPSA) is 67.5 Å². The molecule has 24 heavy (non-hydrogen) atoms. The third-order valence-corrected chi connectivity index (χ3v) is 4.48. The van der Waals surface area contributed by atoms with Crippen molar-refractivity contribution in [2.24, 2.45) is 11.8 Å². The standard InChI is InChI=1S/C18H25N3O3/c1-13(2)10-19-17(22)14-6-5-9-20(11-14)12-21-15-7-3-4-8-16(15)24-18(21)23/h3-4,7-8,13-14H,5-6,9-12H2,1-2H3,(H,19,22). The number of oxazole rings is 1. The van der Waals surface area contributed by atoms with Crippen LogP contribution in [0.1, 0.15) is 26.7 Å². The van der Waals surface area contributed by atoms with Crippen LogP contribution in [0, 0.1) is 11.8 Å². The minimum absolute atomic E-state index is 0.00799. The molecule has 0 spiro atoms. The van der Waals surface area contributed by atoms with Crippen molar-refractivity contribution in [3.8, 4) is 0 Å². The summed E-state index contributed by atoms with van der Waals surface area (Å²) in [6.07, 6.45) is 1.87. The summed E-state index contributed by atoms with van der Waals surface area (Å²) in [5.41, 5.74) is 1.40. The lowest BCUT2D eigenvalue weighted by molar-refractivity contribution is -0.127. The number of carbonyl (C=O) groups is 1. The largest absolute Gasteiger partial charge is 0.421 e. The maximum atomic E-state index is 12.3. The molecule has 0 radical (unpaired) electrons. The summed E-state index contributed by atoms with van der Waals surface area (Å²) in [7, 11) is 0. The average Bonchev–Trinajstić information content (AvgIpc) is 2.89. The number of amides is 1. The van der Waals surface area contributed by atoms with E-state index in [1.54, 1.807) is 10.6 Å². The van der Waals surface area contributed by atoms with Crippen molar-refractivity contribution in [3.05, 3.63) is 34.8 Å². The molecule has 1 aromatic heterocycles. The Labute approximate surface area is 141 Å². The van der Waals surface area contributed by atoms with Gasteiger partial charge in [0.15, 0.2) is 5.58 Å². The van der Waals surface area contributed by atoms with Crippen molar-refractivity contribution in [1.29, 1.82) is 0 Å². The molecule has 3 rings (SSSR count). The average molecular weight is 331 g/mol. The van der Waals surface area contributed by atoms with E-state index in [9.17, 15) is 9.59 Å². The Hall–Kier alpha value is -2.08. The first-order chi connectivity index (χ1) is 11.5. The number of likely N-dealkylation sites (tertiary alicyclic amines) is 1. The van der Waals surface area contributed by atoms with Gasteiger partial charge in [0.05, 0.1) is 18.1 Å². The summed E-state index contributed by atoms with van der Waals surface area (Å²) < 4.78 is 6.92. The highest BCUT2D eigenvalue weighted by atomic mass is 16.4. The quantitative estimate of drug-likeness (QED) is 0.910. The molecule has 0 saturated carbocycles. The molecule has 1 amide bonds. The van der Waals surface area contributed by atoms with E-state index in [1.807, 2.05) is 18.2 Å². The van der Waals surface area contributed by atoms with Gasteiger partial charge in [-0.2, -0.15) is 0 Å². The van der Waals surface area contributed by atoms with Gasteiger partial charge in [-0.1, -0.05) is 26.0 Å². The van der Waals surface area contributed by atoms with Gasteiger partial charge in [-0.3, -0.25) is 14.3 Å². The number of rotatable bonds is 5. The van der Waals surface area contributed by atoms with Crippen LogP contribution in [0.4, 0.5) is 0 Å². The molecule has 2 heterocycles. The zero-order chi connectivity index (χ0) is 17.1. The number of hydrogen-bond donors (Lipinski definition) is 1. The molecule has 1 aliphatic rings. The van der Waals surface area contributed by atoms with E-state index < -0.39 is 0 Å². The molecule has 2 aromatic rings. The van der Waals surface area contributed by atoms with Crippen LogP contribution in [0.15, 0.2) is 33.5 Å². The summed E-state index contributed by atoms with van der Waals surface area (Å²) >= 11 is 0. The predicted octanol–water partition coefficient (Wildman–Crippen LogP) is 2.04. The zero-order valence-electron chi connectivity index (χ0n) is 14.3. The highest BCUT2D eigenvalue weighted by Crippen LogP contribution is 2.19. The van der Waals surface area contributed by atoms with Crippen LogP contribution in [0.3, 0.4) is 0 Å². The van der Waals surface area contributed by atoms with Crippen LogP contribution in [-0.2, 0) is 11.5 Å². The van der Waals surface area contributed by atoms with Gasteiger partial charge >= 0.3 is 5.76 Å². The van der Waals surface area contributed by atoms with E-state index in [-0.39, 0.29) is 17.6 Å². The molecule has 1 aromatic carbocycles. The van der Waals surface area contributed by atoms with Crippen molar-refractivity contribution >= 4 is 17.0 Å². The van der Waals surface area contributed by atoms with Gasteiger partial charge in [0.2, 0.25) is 5.91 Å². The minimum Gasteiger partial charge on any atom is -0.408 e. The highest BCUT2D eigenvalue weighted by molar-refractivity contribution is 5.79. The van der Waals surface area contributed by atoms with Crippen LogP contribution in [0.2, 0.25) is 0 Å². The Balaban J connectivity index is 1.68. The summed E-state index contributed by atoms with van der Waals surface area (Å²) in [5, 5.41) is 3.02. The number of nitrogens with one attached hydrogen (secondary N) is 1. The maximum Gasteiger partial charge on any atom is 0.421 e. The molecule has 0 bridgehead atoms. The lowest BCUT2D eigenvalue weighted by Gasteiger charge is -2.32. The van der Waals surface area contributed by atoms with Crippen molar-refractivity contribution < 1.29 is 9.21 Å². The SMILES string of the molecule is CC(C)CNC(=O)C1CCCN(Cn2c(=O)oc3ccccc32)C1. The van der Waals surface area contributed by atoms with Crippen LogP contribution < -0.4 is 11.1 Å². The monoisotopic (exact) mass is 331 g/mol. The maximum absolute atomic E-state index is 12.3. The van der Waals surface area contributed by atoms with Crippen LogP contribution in [-0.4, -0.2) is 35.0 Å². The highest BCUT2D eigenvalue weighted by Gasteiger charge is 2.26. The van der Waals surface area contributed by atoms with Crippen molar-refractivity contribution in [2.45, 2.75) is 33.4 Å². The van der Waals surface area contributed by atoms with Gasteiger partial charge in [0.1, 0.15) is 0 Å². The van der Waals surface area contributed by atoms with Crippen molar-refractivity contribution in [1.82, 2.24) is 14.8 Å². The fourth-order valence-electron chi connectivity index (χ4n) is 3.19. The molecule has 1 atom stereocenters. The third kappa shape index (κ3) is 3.70. The van der Waals surface area contributed by atoms with Crippen LogP contribution in [0.25, 0.3) is 11.1 Å². The summed E-state index contributed by atoms with van der Waals surface area (Å²) in [6.45, 7) is 6.91. The van der Waals surface area contributed by atoms with E-state index in [4.69, 9.17) is 4.42 Å². The van der Waals surface area contributed by atoms with E-state index in [2.05, 4.69) is 24.1 Å². The minimum atomic E-state index is -0.345. The van der Waals surface area contributed by atoms with Gasteiger partial charge in [-0.25, -0.2) is 4.79 Å². The molecule has 6 heteroatoms. The van der Waals surface area contributed by atoms with Gasteiger partial charge in [0, 0.05) is 13.1 Å².